The van der Waals surface area contributed by atoms with Crippen molar-refractivity contribution < 1.29 is 14.3 Å². The molecule has 0 saturated carbocycles. The van der Waals surface area contributed by atoms with E-state index in [4.69, 9.17) is 9.47 Å². The first-order valence-electron chi connectivity index (χ1n) is 9.19. The zero-order valence-electron chi connectivity index (χ0n) is 16.4. The highest BCUT2D eigenvalue weighted by atomic mass is 32.1. The number of rotatable bonds is 6. The minimum absolute atomic E-state index is 0.119. The third-order valence-corrected chi connectivity index (χ3v) is 5.42. The number of carbonyl (C=O) groups is 1. The van der Waals surface area contributed by atoms with Crippen LogP contribution < -0.4 is 20.3 Å². The van der Waals surface area contributed by atoms with E-state index in [1.165, 1.54) is 24.5 Å². The molecule has 4 rings (SSSR count). The topological polar surface area (TPSA) is 81.9 Å². The van der Waals surface area contributed by atoms with Gasteiger partial charge >= 0.3 is 0 Å². The van der Waals surface area contributed by atoms with Crippen LogP contribution in [0.3, 0.4) is 0 Å². The number of nitrogens with one attached hydrogen (secondary N) is 1. The molecule has 1 amide bonds. The Balaban J connectivity index is 1.41. The van der Waals surface area contributed by atoms with Crippen molar-refractivity contribution in [3.05, 3.63) is 87.3 Å². The number of hydrogen-bond acceptors (Lipinski definition) is 6. The number of benzene rings is 2. The number of fused-ring (bicyclic) bond motifs is 1. The van der Waals surface area contributed by atoms with Gasteiger partial charge in [0.15, 0.2) is 4.96 Å². The van der Waals surface area contributed by atoms with Gasteiger partial charge in [0.2, 0.25) is 0 Å². The van der Waals surface area contributed by atoms with Crippen molar-refractivity contribution in [2.75, 3.05) is 12.4 Å². The Morgan fingerprint density at radius 1 is 1.17 bits per heavy atom. The molecule has 0 aliphatic heterocycles. The highest BCUT2D eigenvalue weighted by Gasteiger charge is 2.12. The average Bonchev–Trinajstić information content (AvgIpc) is 3.14. The van der Waals surface area contributed by atoms with Crippen molar-refractivity contribution in [2.45, 2.75) is 13.5 Å². The summed E-state index contributed by atoms with van der Waals surface area (Å²) in [6.07, 6.45) is 0. The highest BCUT2D eigenvalue weighted by Crippen LogP contribution is 2.21. The van der Waals surface area contributed by atoms with Gasteiger partial charge in [0.25, 0.3) is 11.5 Å². The summed E-state index contributed by atoms with van der Waals surface area (Å²) >= 11 is 1.42. The molecular formula is C22H19N3O4S. The second kappa shape index (κ2) is 8.38. The number of thiazole rings is 1. The van der Waals surface area contributed by atoms with Crippen molar-refractivity contribution in [1.29, 1.82) is 0 Å². The molecule has 0 unspecified atom stereocenters. The summed E-state index contributed by atoms with van der Waals surface area (Å²) in [5, 5.41) is 4.73. The zero-order chi connectivity index (χ0) is 21.1. The van der Waals surface area contributed by atoms with Crippen LogP contribution in [0.4, 0.5) is 5.69 Å². The normalized spacial score (nSPS) is 10.7. The molecule has 0 fully saturated rings. The van der Waals surface area contributed by atoms with E-state index in [1.54, 1.807) is 46.9 Å². The molecule has 2 aromatic heterocycles. The number of amides is 1. The van der Waals surface area contributed by atoms with Gasteiger partial charge in [-0.2, -0.15) is 0 Å². The smallest absolute Gasteiger partial charge is 0.259 e. The van der Waals surface area contributed by atoms with Crippen LogP contribution in [-0.2, 0) is 6.61 Å². The summed E-state index contributed by atoms with van der Waals surface area (Å²) in [7, 11) is 1.53. The Hall–Kier alpha value is -3.65. The Kier molecular flexibility index (Phi) is 5.49. The highest BCUT2D eigenvalue weighted by molar-refractivity contribution is 7.15. The van der Waals surface area contributed by atoms with Crippen LogP contribution in [-0.4, -0.2) is 22.4 Å². The Bertz CT molecular complexity index is 1260. The van der Waals surface area contributed by atoms with Gasteiger partial charge in [-0.15, -0.1) is 11.3 Å². The van der Waals surface area contributed by atoms with Crippen molar-refractivity contribution in [3.63, 3.8) is 0 Å². The van der Waals surface area contributed by atoms with Crippen molar-refractivity contribution >= 4 is 27.9 Å². The monoisotopic (exact) mass is 421 g/mol. The van der Waals surface area contributed by atoms with E-state index in [1.807, 2.05) is 18.4 Å². The second-order valence-electron chi connectivity index (χ2n) is 6.55. The first kappa shape index (κ1) is 19.7. The van der Waals surface area contributed by atoms with Gasteiger partial charge in [0, 0.05) is 22.8 Å². The van der Waals surface area contributed by atoms with Crippen molar-refractivity contribution in [2.24, 2.45) is 0 Å². The molecule has 0 atom stereocenters. The third kappa shape index (κ3) is 4.04. The number of aryl methyl sites for hydroxylation is 1. The SMILES string of the molecule is COc1ccccc1C(=O)Nc1ccc(OCc2cc(=O)n3c(C)csc3n2)cc1. The van der Waals surface area contributed by atoms with E-state index in [0.717, 1.165) is 5.69 Å². The van der Waals surface area contributed by atoms with Crippen LogP contribution >= 0.6 is 11.3 Å². The van der Waals surface area contributed by atoms with Gasteiger partial charge in [-0.1, -0.05) is 12.1 Å². The summed E-state index contributed by atoms with van der Waals surface area (Å²) in [6.45, 7) is 2.05. The fraction of sp³-hybridized carbons (Fsp3) is 0.136. The van der Waals surface area contributed by atoms with Crippen molar-refractivity contribution in [3.8, 4) is 11.5 Å². The molecule has 7 nitrogen and oxygen atoms in total. The number of ether oxygens (including phenoxy) is 2. The van der Waals surface area contributed by atoms with E-state index < -0.39 is 0 Å². The number of hydrogen-bond donors (Lipinski definition) is 1. The lowest BCUT2D eigenvalue weighted by Crippen LogP contribution is -2.16. The average molecular weight is 421 g/mol. The molecule has 152 valence electrons. The van der Waals surface area contributed by atoms with Gasteiger partial charge in [-0.25, -0.2) is 4.98 Å². The number of para-hydroxylation sites is 1. The van der Waals surface area contributed by atoms with Crippen LogP contribution in [0.15, 0.2) is 64.8 Å². The molecule has 1 N–H and O–H groups in total. The Morgan fingerprint density at radius 2 is 1.93 bits per heavy atom. The summed E-state index contributed by atoms with van der Waals surface area (Å²) in [6, 6.07) is 15.5. The molecule has 2 aromatic carbocycles. The standard InChI is InChI=1S/C22H19N3O4S/c1-14-13-30-22-24-16(11-20(26)25(14)22)12-29-17-9-7-15(8-10-17)23-21(27)18-5-3-4-6-19(18)28-2/h3-11,13H,12H2,1-2H3,(H,23,27). The van der Waals surface area contributed by atoms with E-state index in [2.05, 4.69) is 10.3 Å². The fourth-order valence-corrected chi connectivity index (χ4v) is 3.89. The van der Waals surface area contributed by atoms with Crippen LogP contribution in [0.2, 0.25) is 0 Å². The molecule has 8 heteroatoms. The zero-order valence-corrected chi connectivity index (χ0v) is 17.2. The lowest BCUT2D eigenvalue weighted by molar-refractivity contribution is 0.102. The van der Waals surface area contributed by atoms with E-state index in [9.17, 15) is 9.59 Å². The Labute approximate surface area is 176 Å². The molecule has 0 aliphatic rings. The maximum absolute atomic E-state index is 12.5. The largest absolute Gasteiger partial charge is 0.496 e. The summed E-state index contributed by atoms with van der Waals surface area (Å²) in [5.74, 6) is 0.858. The van der Waals surface area contributed by atoms with Crippen LogP contribution in [0, 0.1) is 6.92 Å². The van der Waals surface area contributed by atoms with Crippen LogP contribution in [0.5, 0.6) is 11.5 Å². The summed E-state index contributed by atoms with van der Waals surface area (Å²) < 4.78 is 12.5. The molecule has 0 spiro atoms. The third-order valence-electron chi connectivity index (χ3n) is 4.48. The Morgan fingerprint density at radius 3 is 2.70 bits per heavy atom. The number of methoxy groups -OCH3 is 1. The molecule has 2 heterocycles. The number of aromatic nitrogens is 2. The lowest BCUT2D eigenvalue weighted by Gasteiger charge is -2.10. The lowest BCUT2D eigenvalue weighted by atomic mass is 10.2. The van der Waals surface area contributed by atoms with Crippen LogP contribution in [0.25, 0.3) is 4.96 Å². The van der Waals surface area contributed by atoms with Crippen molar-refractivity contribution in [1.82, 2.24) is 9.38 Å². The summed E-state index contributed by atoms with van der Waals surface area (Å²) in [5.41, 5.74) is 2.40. The second-order valence-corrected chi connectivity index (χ2v) is 7.38. The molecular weight excluding hydrogens is 402 g/mol. The van der Waals surface area contributed by atoms with E-state index in [0.29, 0.717) is 33.4 Å². The first-order valence-corrected chi connectivity index (χ1v) is 10.1. The predicted molar refractivity (Wildman–Crippen MR) is 116 cm³/mol. The van der Waals surface area contributed by atoms with Gasteiger partial charge < -0.3 is 14.8 Å². The number of carbonyl (C=O) groups excluding carboxylic acids is 1. The van der Waals surface area contributed by atoms with Gasteiger partial charge in [0.05, 0.1) is 18.4 Å². The molecule has 0 bridgehead atoms. The first-order chi connectivity index (χ1) is 14.5. The summed E-state index contributed by atoms with van der Waals surface area (Å²) in [4.78, 5) is 29.8. The maximum atomic E-state index is 12.5. The maximum Gasteiger partial charge on any atom is 0.259 e. The minimum Gasteiger partial charge on any atom is -0.496 e. The quantitative estimate of drug-likeness (QED) is 0.511. The number of nitrogens with zero attached hydrogens (tertiary/aromatic N) is 2. The molecule has 0 aliphatic carbocycles. The van der Waals surface area contributed by atoms with Gasteiger partial charge in [-0.05, 0) is 43.3 Å². The predicted octanol–water partition coefficient (Wildman–Crippen LogP) is 3.90. The van der Waals surface area contributed by atoms with Gasteiger partial charge in [0.1, 0.15) is 18.1 Å². The van der Waals surface area contributed by atoms with Gasteiger partial charge in [-0.3, -0.25) is 14.0 Å². The molecule has 0 radical (unpaired) electrons. The van der Waals surface area contributed by atoms with Crippen LogP contribution in [0.1, 0.15) is 21.7 Å². The fourth-order valence-electron chi connectivity index (χ4n) is 3.00. The minimum atomic E-state index is -0.259. The molecule has 30 heavy (non-hydrogen) atoms. The van der Waals surface area contributed by atoms with E-state index in [-0.39, 0.29) is 18.1 Å². The molecule has 0 saturated heterocycles. The van der Waals surface area contributed by atoms with E-state index >= 15 is 0 Å². The number of anilines is 1. The molecule has 4 aromatic rings.